The van der Waals surface area contributed by atoms with Crippen LogP contribution in [0.15, 0.2) is 28.7 Å². The molecule has 20 heavy (non-hydrogen) atoms. The van der Waals surface area contributed by atoms with Crippen molar-refractivity contribution in [2.45, 2.75) is 44.6 Å². The largest absolute Gasteiger partial charge is 0.334 e. The van der Waals surface area contributed by atoms with Crippen LogP contribution in [0, 0.1) is 17.2 Å². The molecule has 1 aliphatic carbocycles. The van der Waals surface area contributed by atoms with Crippen LogP contribution in [0.25, 0.3) is 0 Å². The maximum absolute atomic E-state index is 12.3. The van der Waals surface area contributed by atoms with E-state index in [1.54, 1.807) is 12.1 Å². The zero-order chi connectivity index (χ0) is 14.6. The number of nitrogens with one attached hydrogen (secondary N) is 1. The molecule has 1 N–H and O–H groups in total. The molecule has 1 fully saturated rings. The summed E-state index contributed by atoms with van der Waals surface area (Å²) in [4.78, 5) is 12.3. The van der Waals surface area contributed by atoms with Crippen molar-refractivity contribution in [3.05, 3.63) is 34.3 Å². The molecule has 1 aliphatic rings. The zero-order valence-corrected chi connectivity index (χ0v) is 13.2. The van der Waals surface area contributed by atoms with Gasteiger partial charge in [-0.05, 0) is 55.9 Å². The molecular formula is C16H19BrN2O. The van der Waals surface area contributed by atoms with Gasteiger partial charge in [-0.15, -0.1) is 0 Å². The predicted octanol–water partition coefficient (Wildman–Crippen LogP) is 4.04. The van der Waals surface area contributed by atoms with Crippen LogP contribution in [0.2, 0.25) is 0 Å². The molecule has 0 unspecified atom stereocenters. The first-order valence-corrected chi connectivity index (χ1v) is 7.87. The van der Waals surface area contributed by atoms with Crippen LogP contribution in [0.5, 0.6) is 0 Å². The summed E-state index contributed by atoms with van der Waals surface area (Å²) in [6.45, 7) is 2.18. The molecule has 0 atom stereocenters. The van der Waals surface area contributed by atoms with E-state index in [1.165, 1.54) is 0 Å². The average molecular weight is 335 g/mol. The first-order chi connectivity index (χ1) is 9.58. The maximum Gasteiger partial charge on any atom is 0.252 e. The lowest BCUT2D eigenvalue weighted by Crippen LogP contribution is -2.49. The Balaban J connectivity index is 2.05. The van der Waals surface area contributed by atoms with Crippen molar-refractivity contribution in [1.29, 1.82) is 5.26 Å². The molecule has 0 bridgehead atoms. The molecule has 1 aromatic carbocycles. The Bertz CT molecular complexity index is 510. The summed E-state index contributed by atoms with van der Waals surface area (Å²) < 4.78 is 0.938. The van der Waals surface area contributed by atoms with Gasteiger partial charge in [0.25, 0.3) is 5.91 Å². The standard InChI is InChI=1S/C16H19BrN2O/c1-2-12-7-9-16(11-18,10-8-12)19-15(20)13-3-5-14(17)6-4-13/h3-6,12H,2,7-10H2,1H3,(H,19,20). The van der Waals surface area contributed by atoms with Gasteiger partial charge in [0.05, 0.1) is 6.07 Å². The minimum absolute atomic E-state index is 0.158. The van der Waals surface area contributed by atoms with Crippen LogP contribution in [-0.4, -0.2) is 11.4 Å². The Kier molecular flexibility index (Phi) is 4.82. The van der Waals surface area contributed by atoms with Gasteiger partial charge in [-0.3, -0.25) is 4.79 Å². The monoisotopic (exact) mass is 334 g/mol. The molecule has 2 rings (SSSR count). The van der Waals surface area contributed by atoms with Crippen molar-refractivity contribution in [2.24, 2.45) is 5.92 Å². The van der Waals surface area contributed by atoms with E-state index < -0.39 is 5.54 Å². The lowest BCUT2D eigenvalue weighted by Gasteiger charge is -2.35. The molecule has 1 aromatic rings. The van der Waals surface area contributed by atoms with E-state index in [1.807, 2.05) is 12.1 Å². The number of hydrogen-bond donors (Lipinski definition) is 1. The van der Waals surface area contributed by atoms with Gasteiger partial charge < -0.3 is 5.32 Å². The van der Waals surface area contributed by atoms with E-state index in [-0.39, 0.29) is 5.91 Å². The van der Waals surface area contributed by atoms with E-state index in [0.29, 0.717) is 11.5 Å². The summed E-state index contributed by atoms with van der Waals surface area (Å²) in [7, 11) is 0. The van der Waals surface area contributed by atoms with Crippen molar-refractivity contribution in [2.75, 3.05) is 0 Å². The summed E-state index contributed by atoms with van der Waals surface area (Å²) in [5.41, 5.74) is -0.0871. The SMILES string of the molecule is CCC1CCC(C#N)(NC(=O)c2ccc(Br)cc2)CC1. The highest BCUT2D eigenvalue weighted by atomic mass is 79.9. The predicted molar refractivity (Wildman–Crippen MR) is 82.2 cm³/mol. The van der Waals surface area contributed by atoms with Crippen LogP contribution >= 0.6 is 15.9 Å². The fourth-order valence-corrected chi connectivity index (χ4v) is 3.00. The van der Waals surface area contributed by atoms with Gasteiger partial charge in [0.15, 0.2) is 0 Å². The lowest BCUT2D eigenvalue weighted by atomic mass is 9.76. The minimum atomic E-state index is -0.685. The topological polar surface area (TPSA) is 52.9 Å². The second-order valence-electron chi connectivity index (χ2n) is 5.51. The molecule has 4 heteroatoms. The van der Waals surface area contributed by atoms with Crippen molar-refractivity contribution in [3.63, 3.8) is 0 Å². The van der Waals surface area contributed by atoms with Gasteiger partial charge in [-0.1, -0.05) is 29.3 Å². The van der Waals surface area contributed by atoms with E-state index in [9.17, 15) is 10.1 Å². The van der Waals surface area contributed by atoms with Crippen LogP contribution < -0.4 is 5.32 Å². The van der Waals surface area contributed by atoms with Crippen LogP contribution in [-0.2, 0) is 0 Å². The van der Waals surface area contributed by atoms with Crippen LogP contribution in [0.4, 0.5) is 0 Å². The summed E-state index contributed by atoms with van der Waals surface area (Å²) >= 11 is 3.35. The van der Waals surface area contributed by atoms with E-state index in [2.05, 4.69) is 34.2 Å². The Morgan fingerprint density at radius 2 is 2.00 bits per heavy atom. The Morgan fingerprint density at radius 1 is 1.40 bits per heavy atom. The molecule has 0 aromatic heterocycles. The van der Waals surface area contributed by atoms with Crippen molar-refractivity contribution < 1.29 is 4.79 Å². The number of hydrogen-bond acceptors (Lipinski definition) is 2. The molecule has 1 amide bonds. The van der Waals surface area contributed by atoms with Gasteiger partial charge in [-0.2, -0.15) is 5.26 Å². The van der Waals surface area contributed by atoms with E-state index in [4.69, 9.17) is 0 Å². The molecule has 0 heterocycles. The molecule has 3 nitrogen and oxygen atoms in total. The van der Waals surface area contributed by atoms with Crippen LogP contribution in [0.1, 0.15) is 49.4 Å². The summed E-state index contributed by atoms with van der Waals surface area (Å²) in [6.07, 6.45) is 4.70. The third-order valence-corrected chi connectivity index (χ3v) is 4.74. The Hall–Kier alpha value is -1.34. The Morgan fingerprint density at radius 3 is 2.50 bits per heavy atom. The van der Waals surface area contributed by atoms with Crippen molar-refractivity contribution >= 4 is 21.8 Å². The van der Waals surface area contributed by atoms with E-state index >= 15 is 0 Å². The fraction of sp³-hybridized carbons (Fsp3) is 0.500. The van der Waals surface area contributed by atoms with Gasteiger partial charge >= 0.3 is 0 Å². The molecule has 0 saturated heterocycles. The number of amides is 1. The van der Waals surface area contributed by atoms with E-state index in [0.717, 1.165) is 36.6 Å². The molecule has 0 aliphatic heterocycles. The van der Waals surface area contributed by atoms with Crippen molar-refractivity contribution in [3.8, 4) is 6.07 Å². The van der Waals surface area contributed by atoms with Gasteiger partial charge in [0.1, 0.15) is 5.54 Å². The summed E-state index contributed by atoms with van der Waals surface area (Å²) in [5, 5.41) is 12.4. The fourth-order valence-electron chi connectivity index (χ4n) is 2.73. The van der Waals surface area contributed by atoms with Gasteiger partial charge in [0, 0.05) is 10.0 Å². The first kappa shape index (κ1) is 15.1. The summed E-state index contributed by atoms with van der Waals surface area (Å²) in [6, 6.07) is 9.54. The highest BCUT2D eigenvalue weighted by molar-refractivity contribution is 9.10. The third kappa shape index (κ3) is 3.40. The number of nitrogens with zero attached hydrogens (tertiary/aromatic N) is 1. The smallest absolute Gasteiger partial charge is 0.252 e. The van der Waals surface area contributed by atoms with Gasteiger partial charge in [0.2, 0.25) is 0 Å². The second-order valence-corrected chi connectivity index (χ2v) is 6.42. The molecule has 0 radical (unpaired) electrons. The maximum atomic E-state index is 12.3. The average Bonchev–Trinajstić information content (AvgIpc) is 2.48. The lowest BCUT2D eigenvalue weighted by molar-refractivity contribution is 0.0891. The molecule has 0 spiro atoms. The molecule has 106 valence electrons. The first-order valence-electron chi connectivity index (χ1n) is 7.08. The number of carbonyl (C=O) groups is 1. The summed E-state index contributed by atoms with van der Waals surface area (Å²) in [5.74, 6) is 0.537. The number of carbonyl (C=O) groups excluding carboxylic acids is 1. The highest BCUT2D eigenvalue weighted by Gasteiger charge is 2.36. The number of nitriles is 1. The van der Waals surface area contributed by atoms with Gasteiger partial charge in [-0.25, -0.2) is 0 Å². The van der Waals surface area contributed by atoms with Crippen molar-refractivity contribution in [1.82, 2.24) is 5.32 Å². The molecule has 1 saturated carbocycles. The number of halogens is 1. The highest BCUT2D eigenvalue weighted by Crippen LogP contribution is 2.33. The third-order valence-electron chi connectivity index (χ3n) is 4.21. The quantitative estimate of drug-likeness (QED) is 0.906. The number of benzene rings is 1. The minimum Gasteiger partial charge on any atom is -0.334 e. The van der Waals surface area contributed by atoms with Crippen LogP contribution in [0.3, 0.4) is 0 Å². The molecular weight excluding hydrogens is 316 g/mol. The Labute approximate surface area is 128 Å². The zero-order valence-electron chi connectivity index (χ0n) is 11.7. The number of rotatable bonds is 3. The second kappa shape index (κ2) is 6.41. The normalized spacial score (nSPS) is 25.8.